The molecule has 0 radical (unpaired) electrons. The van der Waals surface area contributed by atoms with Gasteiger partial charge in [0.2, 0.25) is 0 Å². The van der Waals surface area contributed by atoms with Crippen molar-refractivity contribution in [1.29, 1.82) is 0 Å². The number of amides is 1. The van der Waals surface area contributed by atoms with Gasteiger partial charge in [0.15, 0.2) is 5.76 Å². The summed E-state index contributed by atoms with van der Waals surface area (Å²) in [7, 11) is 1.62. The molecule has 144 valence electrons. The number of methoxy groups -OCH3 is 1. The van der Waals surface area contributed by atoms with Crippen LogP contribution in [0.5, 0.6) is 5.75 Å². The van der Waals surface area contributed by atoms with Gasteiger partial charge in [-0.1, -0.05) is 59.9 Å². The van der Waals surface area contributed by atoms with Crippen LogP contribution in [0.3, 0.4) is 0 Å². The van der Waals surface area contributed by atoms with Gasteiger partial charge in [0.1, 0.15) is 15.7 Å². The number of para-hydroxylation sites is 2. The van der Waals surface area contributed by atoms with E-state index in [2.05, 4.69) is 10.3 Å². The SMILES string of the molecule is COc1ccccc1CNC(=O)c1oc2ccccc2c1CSC1=NCCS1. The predicted octanol–water partition coefficient (Wildman–Crippen LogP) is 4.71. The fraction of sp³-hybridized carbons (Fsp3) is 0.238. The van der Waals surface area contributed by atoms with Crippen LogP contribution in [0.4, 0.5) is 0 Å². The molecular weight excluding hydrogens is 392 g/mol. The van der Waals surface area contributed by atoms with Gasteiger partial charge < -0.3 is 14.5 Å². The molecule has 28 heavy (non-hydrogen) atoms. The van der Waals surface area contributed by atoms with Crippen LogP contribution >= 0.6 is 23.5 Å². The number of benzene rings is 2. The van der Waals surface area contributed by atoms with Crippen LogP contribution in [0.2, 0.25) is 0 Å². The van der Waals surface area contributed by atoms with E-state index in [1.54, 1.807) is 30.6 Å². The number of hydrogen-bond donors (Lipinski definition) is 1. The van der Waals surface area contributed by atoms with Crippen LogP contribution in [-0.4, -0.2) is 29.7 Å². The first kappa shape index (κ1) is 19.0. The molecule has 0 unspecified atom stereocenters. The largest absolute Gasteiger partial charge is 0.496 e. The maximum atomic E-state index is 12.9. The summed E-state index contributed by atoms with van der Waals surface area (Å²) in [5.41, 5.74) is 2.55. The minimum atomic E-state index is -0.223. The lowest BCUT2D eigenvalue weighted by molar-refractivity contribution is 0.0924. The van der Waals surface area contributed by atoms with Gasteiger partial charge in [-0.3, -0.25) is 9.79 Å². The molecule has 0 saturated heterocycles. The average molecular weight is 413 g/mol. The zero-order valence-corrected chi connectivity index (χ0v) is 17.1. The average Bonchev–Trinajstić information content (AvgIpc) is 3.38. The lowest BCUT2D eigenvalue weighted by atomic mass is 10.1. The minimum absolute atomic E-state index is 0.223. The topological polar surface area (TPSA) is 63.8 Å². The summed E-state index contributed by atoms with van der Waals surface area (Å²) in [6, 6.07) is 15.4. The van der Waals surface area contributed by atoms with Gasteiger partial charge in [-0.2, -0.15) is 0 Å². The fourth-order valence-electron chi connectivity index (χ4n) is 3.07. The third-order valence-electron chi connectivity index (χ3n) is 4.43. The van der Waals surface area contributed by atoms with Crippen molar-refractivity contribution in [3.8, 4) is 5.75 Å². The zero-order chi connectivity index (χ0) is 19.3. The van der Waals surface area contributed by atoms with Crippen molar-refractivity contribution >= 4 is 44.8 Å². The highest BCUT2D eigenvalue weighted by atomic mass is 32.2. The highest BCUT2D eigenvalue weighted by Crippen LogP contribution is 2.32. The summed E-state index contributed by atoms with van der Waals surface area (Å²) >= 11 is 3.43. The first-order valence-corrected chi connectivity index (χ1v) is 10.9. The maximum Gasteiger partial charge on any atom is 0.287 e. The van der Waals surface area contributed by atoms with E-state index in [1.165, 1.54) is 0 Å². The molecule has 0 saturated carbocycles. The van der Waals surface area contributed by atoms with Crippen molar-refractivity contribution in [3.63, 3.8) is 0 Å². The number of carbonyl (C=O) groups excluding carboxylic acids is 1. The van der Waals surface area contributed by atoms with E-state index < -0.39 is 0 Å². The van der Waals surface area contributed by atoms with Gasteiger partial charge in [0.25, 0.3) is 5.91 Å². The van der Waals surface area contributed by atoms with E-state index in [0.29, 0.717) is 18.1 Å². The molecule has 2 heterocycles. The molecule has 1 aliphatic rings. The molecule has 3 aromatic rings. The molecule has 1 amide bonds. The predicted molar refractivity (Wildman–Crippen MR) is 116 cm³/mol. The van der Waals surface area contributed by atoms with Crippen molar-refractivity contribution in [3.05, 3.63) is 65.4 Å². The van der Waals surface area contributed by atoms with E-state index in [0.717, 1.165) is 44.5 Å². The van der Waals surface area contributed by atoms with E-state index in [1.807, 2.05) is 48.5 Å². The molecule has 0 aliphatic carbocycles. The molecule has 1 N–H and O–H groups in total. The van der Waals surface area contributed by atoms with Gasteiger partial charge >= 0.3 is 0 Å². The van der Waals surface area contributed by atoms with Gasteiger partial charge in [-0.15, -0.1) is 0 Å². The molecule has 1 aliphatic heterocycles. The highest BCUT2D eigenvalue weighted by Gasteiger charge is 2.21. The second kappa shape index (κ2) is 8.75. The minimum Gasteiger partial charge on any atom is -0.496 e. The number of thioether (sulfide) groups is 2. The summed E-state index contributed by atoms with van der Waals surface area (Å²) in [4.78, 5) is 17.4. The zero-order valence-electron chi connectivity index (χ0n) is 15.4. The van der Waals surface area contributed by atoms with Gasteiger partial charge in [0, 0.05) is 34.6 Å². The third-order valence-corrected chi connectivity index (χ3v) is 6.71. The first-order valence-electron chi connectivity index (χ1n) is 8.97. The smallest absolute Gasteiger partial charge is 0.287 e. The Morgan fingerprint density at radius 1 is 1.25 bits per heavy atom. The number of furan rings is 1. The molecule has 0 fully saturated rings. The van der Waals surface area contributed by atoms with E-state index in [-0.39, 0.29) is 5.91 Å². The monoisotopic (exact) mass is 412 g/mol. The molecule has 2 aromatic carbocycles. The van der Waals surface area contributed by atoms with Crippen molar-refractivity contribution in [2.24, 2.45) is 4.99 Å². The van der Waals surface area contributed by atoms with Crippen LogP contribution in [0.1, 0.15) is 21.7 Å². The Kier molecular flexibility index (Phi) is 5.92. The van der Waals surface area contributed by atoms with E-state index >= 15 is 0 Å². The molecule has 0 bridgehead atoms. The molecule has 0 spiro atoms. The number of carbonyl (C=O) groups is 1. The van der Waals surface area contributed by atoms with Crippen LogP contribution in [0.25, 0.3) is 11.0 Å². The molecule has 0 atom stereocenters. The second-order valence-electron chi connectivity index (χ2n) is 6.19. The van der Waals surface area contributed by atoms with E-state index in [4.69, 9.17) is 9.15 Å². The van der Waals surface area contributed by atoms with Crippen molar-refractivity contribution < 1.29 is 13.9 Å². The second-order valence-corrected chi connectivity index (χ2v) is 8.49. The third kappa shape index (κ3) is 4.05. The van der Waals surface area contributed by atoms with Crippen molar-refractivity contribution in [2.75, 3.05) is 19.4 Å². The van der Waals surface area contributed by atoms with Crippen LogP contribution in [-0.2, 0) is 12.3 Å². The Labute approximate surface area is 171 Å². The molecular formula is C21H20N2O3S2. The Balaban J connectivity index is 1.56. The number of fused-ring (bicyclic) bond motifs is 1. The van der Waals surface area contributed by atoms with Crippen LogP contribution in [0, 0.1) is 0 Å². The number of ether oxygens (including phenoxy) is 1. The summed E-state index contributed by atoms with van der Waals surface area (Å²) < 4.78 is 12.3. The number of aliphatic imine (C=N–C) groups is 1. The summed E-state index contributed by atoms with van der Waals surface area (Å²) in [5, 5.41) is 3.94. The molecule has 1 aromatic heterocycles. The number of rotatable bonds is 6. The Bertz CT molecular complexity index is 1030. The van der Waals surface area contributed by atoms with Crippen LogP contribution in [0.15, 0.2) is 57.9 Å². The number of nitrogens with one attached hydrogen (secondary N) is 1. The lowest BCUT2D eigenvalue weighted by Gasteiger charge is -2.09. The standard InChI is InChI=1S/C21H20N2O3S2/c1-25-17-8-4-2-6-14(17)12-23-20(24)19-16(13-28-21-22-10-11-27-21)15-7-3-5-9-18(15)26-19/h2-9H,10-13H2,1H3,(H,23,24). The summed E-state index contributed by atoms with van der Waals surface area (Å²) in [6.07, 6.45) is 0. The maximum absolute atomic E-state index is 12.9. The summed E-state index contributed by atoms with van der Waals surface area (Å²) in [5.74, 6) is 2.58. The van der Waals surface area contributed by atoms with Gasteiger partial charge in [-0.05, 0) is 12.1 Å². The normalized spacial score (nSPS) is 13.5. The Hall–Kier alpha value is -2.38. The van der Waals surface area contributed by atoms with E-state index in [9.17, 15) is 4.79 Å². The summed E-state index contributed by atoms with van der Waals surface area (Å²) in [6.45, 7) is 1.24. The van der Waals surface area contributed by atoms with Crippen molar-refractivity contribution in [2.45, 2.75) is 12.3 Å². The molecule has 4 rings (SSSR count). The molecule has 5 nitrogen and oxygen atoms in total. The molecule has 7 heteroatoms. The quantitative estimate of drug-likeness (QED) is 0.635. The fourth-order valence-corrected chi connectivity index (χ4v) is 5.10. The van der Waals surface area contributed by atoms with Crippen molar-refractivity contribution in [1.82, 2.24) is 5.32 Å². The first-order chi connectivity index (χ1) is 13.8. The number of nitrogens with zero attached hydrogens (tertiary/aromatic N) is 1. The Morgan fingerprint density at radius 2 is 2.07 bits per heavy atom. The van der Waals surface area contributed by atoms with Crippen LogP contribution < -0.4 is 10.1 Å². The highest BCUT2D eigenvalue weighted by molar-refractivity contribution is 8.38. The lowest BCUT2D eigenvalue weighted by Crippen LogP contribution is -2.23. The Morgan fingerprint density at radius 3 is 2.89 bits per heavy atom. The number of hydrogen-bond acceptors (Lipinski definition) is 6. The van der Waals surface area contributed by atoms with Gasteiger partial charge in [0.05, 0.1) is 13.7 Å². The van der Waals surface area contributed by atoms with Gasteiger partial charge in [-0.25, -0.2) is 0 Å².